The van der Waals surface area contributed by atoms with Crippen LogP contribution >= 0.6 is 0 Å². The number of aromatic nitrogens is 2. The number of furan rings is 1. The van der Waals surface area contributed by atoms with Crippen LogP contribution in [0.1, 0.15) is 152 Å². The highest BCUT2D eigenvalue weighted by Gasteiger charge is 2.47. The maximum absolute atomic E-state index is 10.8. The third-order valence-corrected chi connectivity index (χ3v) is 27.8. The maximum atomic E-state index is 10.8. The van der Waals surface area contributed by atoms with Gasteiger partial charge >= 0.3 is 0 Å². The average molecular weight is 1690 g/mol. The fraction of sp³-hybridized carbons (Fsp3) is 0.177. The van der Waals surface area contributed by atoms with E-state index < -0.39 is 29.6 Å². The average Bonchev–Trinajstić information content (AvgIpc) is 1.19. The van der Waals surface area contributed by atoms with E-state index in [2.05, 4.69) is 387 Å². The Morgan fingerprint density at radius 1 is 0.262 bits per heavy atom. The molecule has 13 bridgehead atoms. The van der Waals surface area contributed by atoms with Crippen LogP contribution in [0.5, 0.6) is 0 Å². The zero-order chi connectivity index (χ0) is 95.3. The van der Waals surface area contributed by atoms with E-state index in [4.69, 9.17) is 4.42 Å². The molecule has 0 fully saturated rings. The highest BCUT2D eigenvalue weighted by molar-refractivity contribution is 7.00. The zero-order valence-electron chi connectivity index (χ0n) is 84.1. The minimum Gasteiger partial charge on any atom is -0.456 e. The first kappa shape index (κ1) is 72.8. The fourth-order valence-electron chi connectivity index (χ4n) is 20.9. The molecule has 0 aliphatic carbocycles. The molecular weight excluding hydrogens is 1570 g/mol. The molecule has 0 N–H and O–H groups in total. The third kappa shape index (κ3) is 13.2. The van der Waals surface area contributed by atoms with E-state index in [1.165, 1.54) is 27.8 Å². The minimum atomic E-state index is -0.551. The van der Waals surface area contributed by atoms with Crippen molar-refractivity contribution in [2.75, 3.05) is 9.80 Å². The van der Waals surface area contributed by atoms with Crippen LogP contribution in [0, 0.1) is 13.8 Å². The summed E-state index contributed by atoms with van der Waals surface area (Å²) in [5.41, 5.74) is 35.7. The van der Waals surface area contributed by atoms with E-state index in [-0.39, 0.29) is 73.8 Å². The molecule has 0 amide bonds. The van der Waals surface area contributed by atoms with Crippen LogP contribution < -0.4 is 26.2 Å². The first-order valence-corrected chi connectivity index (χ1v) is 45.9. The second-order valence-corrected chi connectivity index (χ2v) is 41.8. The smallest absolute Gasteiger partial charge is 0.252 e. The molecule has 23 rings (SSSR count). The van der Waals surface area contributed by atoms with E-state index >= 15 is 0 Å². The lowest BCUT2D eigenvalue weighted by Gasteiger charge is -2.47. The molecule has 3 aliphatic heterocycles. The largest absolute Gasteiger partial charge is 0.456 e. The predicted molar refractivity (Wildman–Crippen MR) is 556 cm³/mol. The standard InChI is InChI=1S/C124H107BN4O/c1-74-54-75(2)56-94(55-74)127-109-50-42-80-62-102(109)103-63-81(43-51-110(103)127)79-35-29-37-86(58-79)100-70-91(123(12,13)14)68-98(77-32-22-19-23-33-77)119(100)129-112-73-93(126-107-40-26-24-38-95(107)101-61-82(44-49-108(101)126)83-46-53-116-104(64-83)96-39-25-27-41-115(96)130-116)47-48-105(112)125-106-65-84(87-59-88(120(3,4)5)66-89(60-87)121(6,7)8)45-52-111(106)128(113-71-92(124(15,16)17)72-114(129)117(113)125)118-97(76-30-20-18-21-31-76)67-90(122(9,10)11)69-99(118)85-36-28-34-78(80)57-85/h18-73H,1-17H3/i24D,26D,38D,40D,44D,49D,61D. The summed E-state index contributed by atoms with van der Waals surface area (Å²) in [6, 6.07) is 108. The van der Waals surface area contributed by atoms with Gasteiger partial charge in [0.15, 0.2) is 0 Å². The van der Waals surface area contributed by atoms with Crippen molar-refractivity contribution in [3.8, 4) is 100 Å². The molecule has 0 atom stereocenters. The summed E-state index contributed by atoms with van der Waals surface area (Å²) < 4.78 is 82.5. The number of aryl methyl sites for hydroxylation is 2. The van der Waals surface area contributed by atoms with Crippen LogP contribution in [0.3, 0.4) is 0 Å². The van der Waals surface area contributed by atoms with Gasteiger partial charge in [-0.1, -0.05) is 304 Å². The van der Waals surface area contributed by atoms with Crippen molar-refractivity contribution in [1.82, 2.24) is 9.13 Å². The summed E-state index contributed by atoms with van der Waals surface area (Å²) in [5.74, 6) is 0. The Bertz CT molecular complexity index is 8560. The molecule has 0 saturated carbocycles. The van der Waals surface area contributed by atoms with Crippen molar-refractivity contribution in [2.45, 2.75) is 145 Å². The van der Waals surface area contributed by atoms with Gasteiger partial charge in [0, 0.05) is 88.7 Å². The number of rotatable bonds is 6. The monoisotopic (exact) mass is 1690 g/mol. The molecule has 3 aliphatic rings. The predicted octanol–water partition coefficient (Wildman–Crippen LogP) is 32.6. The van der Waals surface area contributed by atoms with Crippen molar-refractivity contribution in [2.24, 2.45) is 0 Å². The number of benzene rings is 17. The van der Waals surface area contributed by atoms with Crippen molar-refractivity contribution in [3.63, 3.8) is 0 Å². The van der Waals surface area contributed by atoms with Gasteiger partial charge in [-0.25, -0.2) is 0 Å². The molecule has 0 saturated heterocycles. The second kappa shape index (κ2) is 29.2. The van der Waals surface area contributed by atoms with Crippen molar-refractivity contribution in [1.29, 1.82) is 0 Å². The first-order valence-electron chi connectivity index (χ1n) is 49.4. The summed E-state index contributed by atoms with van der Waals surface area (Å²) in [5, 5.41) is 4.12. The van der Waals surface area contributed by atoms with Gasteiger partial charge in [0.1, 0.15) is 11.2 Å². The van der Waals surface area contributed by atoms with Crippen LogP contribution in [-0.4, -0.2) is 15.8 Å². The highest BCUT2D eigenvalue weighted by atomic mass is 16.3. The van der Waals surface area contributed by atoms with E-state index in [0.717, 1.165) is 178 Å². The van der Waals surface area contributed by atoms with E-state index in [1.807, 2.05) is 42.5 Å². The van der Waals surface area contributed by atoms with Crippen molar-refractivity contribution >= 4 is 123 Å². The molecule has 0 unspecified atom stereocenters. The van der Waals surface area contributed by atoms with Gasteiger partial charge in [0.05, 0.1) is 43.0 Å². The minimum absolute atomic E-state index is 0.0826. The SMILES string of the molecule is [2H]c1c([2H])c([2H])c2c(c1[2H])c1c([2H])c(-c3ccc4oc5ccccc5c4c3)c([2H])c([2H])c1n2-c1ccc2c(c1)N1c3cc(C(C)(C)C)cc4c3B2c2cc(-c3cc(C(C)(C)C)cc(C(C)(C)C)c3)ccc2N4c2c(-c3ccccc3)cc(C(C)(C)C)cc2-c2cccc(c2)-c2ccc3c(c2)c2cc(ccc2n3-c2cc(C)cc(C)c2)-c2cccc(c2)-c2cc(C(C)(C)C)cc(-c3ccccc3)c21. The fourth-order valence-corrected chi connectivity index (χ4v) is 20.9. The Kier molecular flexibility index (Phi) is 16.3. The lowest BCUT2D eigenvalue weighted by Crippen LogP contribution is -2.61. The molecule has 17 aromatic carbocycles. The molecular formula is C124H107BN4O. The van der Waals surface area contributed by atoms with E-state index in [1.54, 1.807) is 4.57 Å². The third-order valence-electron chi connectivity index (χ3n) is 27.8. The van der Waals surface area contributed by atoms with Gasteiger partial charge in [-0.2, -0.15) is 0 Å². The summed E-state index contributed by atoms with van der Waals surface area (Å²) in [7, 11) is 0. The van der Waals surface area contributed by atoms with Crippen LogP contribution in [-0.2, 0) is 27.1 Å². The number of para-hydroxylation sites is 2. The van der Waals surface area contributed by atoms with Crippen LogP contribution in [0.4, 0.5) is 34.1 Å². The molecule has 0 radical (unpaired) electrons. The molecule has 0 spiro atoms. The molecule has 3 aromatic heterocycles. The van der Waals surface area contributed by atoms with Crippen LogP contribution in [0.25, 0.3) is 166 Å². The Morgan fingerprint density at radius 3 is 1.28 bits per heavy atom. The first-order chi connectivity index (χ1) is 65.3. The van der Waals surface area contributed by atoms with Gasteiger partial charge in [-0.05, 0) is 302 Å². The van der Waals surface area contributed by atoms with Gasteiger partial charge in [0.2, 0.25) is 0 Å². The summed E-state index contributed by atoms with van der Waals surface area (Å²) in [4.78, 5) is 5.21. The number of fused-ring (bicyclic) bond motifs is 26. The summed E-state index contributed by atoms with van der Waals surface area (Å²) in [6.07, 6.45) is 0. The number of anilines is 6. The van der Waals surface area contributed by atoms with E-state index in [9.17, 15) is 9.60 Å². The maximum Gasteiger partial charge on any atom is 0.252 e. The number of hydrogen-bond donors (Lipinski definition) is 0. The lowest BCUT2D eigenvalue weighted by molar-refractivity contribution is 0.569. The van der Waals surface area contributed by atoms with Crippen molar-refractivity contribution in [3.05, 3.63) is 378 Å². The quantitative estimate of drug-likeness (QED) is 0.155. The summed E-state index contributed by atoms with van der Waals surface area (Å²) in [6.45, 7) is 38.6. The zero-order valence-corrected chi connectivity index (χ0v) is 77.1. The highest BCUT2D eigenvalue weighted by Crippen LogP contribution is 2.57. The van der Waals surface area contributed by atoms with Crippen LogP contribution in [0.2, 0.25) is 0 Å². The summed E-state index contributed by atoms with van der Waals surface area (Å²) >= 11 is 0. The molecule has 5 nitrogen and oxygen atoms in total. The molecule has 6 heterocycles. The second-order valence-electron chi connectivity index (χ2n) is 41.8. The molecule has 20 aromatic rings. The van der Waals surface area contributed by atoms with Crippen molar-refractivity contribution < 1.29 is 14.0 Å². The van der Waals surface area contributed by atoms with Gasteiger partial charge in [-0.3, -0.25) is 0 Å². The lowest BCUT2D eigenvalue weighted by atomic mass is 9.33. The Labute approximate surface area is 774 Å². The Morgan fingerprint density at radius 2 is 0.708 bits per heavy atom. The molecule has 130 heavy (non-hydrogen) atoms. The molecule has 632 valence electrons. The molecule has 6 heteroatoms. The van der Waals surface area contributed by atoms with Gasteiger partial charge < -0.3 is 23.4 Å². The number of nitrogens with zero attached hydrogens (tertiary/aromatic N) is 4. The van der Waals surface area contributed by atoms with Crippen LogP contribution in [0.15, 0.2) is 344 Å². The number of hydrogen-bond acceptors (Lipinski definition) is 3. The normalized spacial score (nSPS) is 14.0. The Balaban J connectivity index is 0.917. The Hall–Kier alpha value is -14.2. The van der Waals surface area contributed by atoms with Gasteiger partial charge in [0.25, 0.3) is 6.71 Å². The topological polar surface area (TPSA) is 29.5 Å². The van der Waals surface area contributed by atoms with Gasteiger partial charge in [-0.15, -0.1) is 0 Å². The van der Waals surface area contributed by atoms with E-state index in [0.29, 0.717) is 22.4 Å².